The van der Waals surface area contributed by atoms with Crippen LogP contribution in [0.2, 0.25) is 0 Å². The Bertz CT molecular complexity index is 218. The molecule has 0 spiro atoms. The third-order valence-electron chi connectivity index (χ3n) is 2.46. The second-order valence-corrected chi connectivity index (χ2v) is 6.76. The summed E-state index contributed by atoms with van der Waals surface area (Å²) in [6.07, 6.45) is 2.97. The average Bonchev–Trinajstić information content (AvgIpc) is 2.08. The molecule has 2 nitrogen and oxygen atoms in total. The molecule has 0 aliphatic rings. The van der Waals surface area contributed by atoms with Crippen molar-refractivity contribution in [1.29, 1.82) is 0 Å². The number of nitrogens with one attached hydrogen (secondary N) is 1. The topological polar surface area (TPSA) is 29.1 Å². The van der Waals surface area contributed by atoms with Gasteiger partial charge in [-0.05, 0) is 30.4 Å². The number of carbonyl (C=O) groups is 1. The predicted molar refractivity (Wildman–Crippen MR) is 73.9 cm³/mol. The largest absolute Gasteiger partial charge is 0.356 e. The Hall–Kier alpha value is -0.180. The van der Waals surface area contributed by atoms with Gasteiger partial charge in [-0.3, -0.25) is 4.79 Å². The van der Waals surface area contributed by atoms with Crippen molar-refractivity contribution < 1.29 is 4.79 Å². The van der Waals surface area contributed by atoms with E-state index in [-0.39, 0.29) is 16.7 Å². The minimum atomic E-state index is -0.279. The molecule has 16 heavy (non-hydrogen) atoms. The first kappa shape index (κ1) is 15.8. The van der Waals surface area contributed by atoms with E-state index in [1.807, 2.05) is 13.8 Å². The molecule has 0 aromatic heterocycles. The maximum absolute atomic E-state index is 12.0. The second kappa shape index (κ2) is 6.53. The third-order valence-corrected chi connectivity index (χ3v) is 2.77. The predicted octanol–water partition coefficient (Wildman–Crippen LogP) is 3.28. The van der Waals surface area contributed by atoms with Gasteiger partial charge in [0.15, 0.2) is 0 Å². The molecule has 0 radical (unpaired) electrons. The molecule has 0 heterocycles. The van der Waals surface area contributed by atoms with E-state index in [0.29, 0.717) is 0 Å². The Morgan fingerprint density at radius 3 is 2.12 bits per heavy atom. The number of hydrogen-bond donors (Lipinski definition) is 2. The molecule has 0 atom stereocenters. The van der Waals surface area contributed by atoms with E-state index in [4.69, 9.17) is 0 Å². The number of thiol groups is 1. The molecule has 0 aliphatic heterocycles. The van der Waals surface area contributed by atoms with E-state index in [2.05, 4.69) is 38.7 Å². The van der Waals surface area contributed by atoms with Crippen LogP contribution < -0.4 is 5.32 Å². The van der Waals surface area contributed by atoms with Crippen molar-refractivity contribution in [2.75, 3.05) is 12.3 Å². The molecule has 1 N–H and O–H groups in total. The minimum absolute atomic E-state index is 0.168. The minimum Gasteiger partial charge on any atom is -0.356 e. The van der Waals surface area contributed by atoms with Crippen molar-refractivity contribution in [2.45, 2.75) is 53.9 Å². The Balaban J connectivity index is 4.05. The zero-order valence-electron chi connectivity index (χ0n) is 11.4. The second-order valence-electron chi connectivity index (χ2n) is 6.31. The van der Waals surface area contributed by atoms with Crippen LogP contribution in [-0.4, -0.2) is 18.2 Å². The highest BCUT2D eigenvalue weighted by Crippen LogP contribution is 2.33. The maximum Gasteiger partial charge on any atom is 0.225 e. The summed E-state index contributed by atoms with van der Waals surface area (Å²) < 4.78 is 0. The normalized spacial score (nSPS) is 12.6. The standard InChI is InChI=1S/C13H27NOS/c1-12(2,3)10-13(4,5)11(15)14-8-6-7-9-16/h16H,6-10H2,1-5H3,(H,14,15). The lowest BCUT2D eigenvalue weighted by atomic mass is 9.76. The highest BCUT2D eigenvalue weighted by Gasteiger charge is 2.31. The molecule has 0 aliphatic carbocycles. The van der Waals surface area contributed by atoms with Crippen LogP contribution >= 0.6 is 12.6 Å². The number of carbonyl (C=O) groups excluding carboxylic acids is 1. The van der Waals surface area contributed by atoms with Crippen molar-refractivity contribution >= 4 is 18.5 Å². The molecule has 0 saturated heterocycles. The highest BCUT2D eigenvalue weighted by atomic mass is 32.1. The molecule has 0 bridgehead atoms. The van der Waals surface area contributed by atoms with Crippen LogP contribution in [0.4, 0.5) is 0 Å². The van der Waals surface area contributed by atoms with Crippen LogP contribution in [0, 0.1) is 10.8 Å². The SMILES string of the molecule is CC(C)(C)CC(C)(C)C(=O)NCCCCS. The molecule has 96 valence electrons. The first-order valence-corrected chi connectivity index (χ1v) is 6.71. The average molecular weight is 245 g/mol. The van der Waals surface area contributed by atoms with Gasteiger partial charge in [-0.1, -0.05) is 34.6 Å². The van der Waals surface area contributed by atoms with Crippen molar-refractivity contribution in [3.63, 3.8) is 0 Å². The van der Waals surface area contributed by atoms with Crippen molar-refractivity contribution in [3.8, 4) is 0 Å². The van der Waals surface area contributed by atoms with Gasteiger partial charge in [-0.25, -0.2) is 0 Å². The number of amides is 1. The number of rotatable bonds is 6. The lowest BCUT2D eigenvalue weighted by molar-refractivity contribution is -0.130. The summed E-state index contributed by atoms with van der Waals surface area (Å²) in [7, 11) is 0. The maximum atomic E-state index is 12.0. The molecular weight excluding hydrogens is 218 g/mol. The Labute approximate surface area is 106 Å². The van der Waals surface area contributed by atoms with Crippen LogP contribution in [0.5, 0.6) is 0 Å². The lowest BCUT2D eigenvalue weighted by Crippen LogP contribution is -2.39. The third kappa shape index (κ3) is 7.15. The fourth-order valence-electron chi connectivity index (χ4n) is 2.08. The fourth-order valence-corrected chi connectivity index (χ4v) is 2.31. The van der Waals surface area contributed by atoms with Gasteiger partial charge in [0.05, 0.1) is 0 Å². The van der Waals surface area contributed by atoms with Crippen molar-refractivity contribution in [1.82, 2.24) is 5.32 Å². The van der Waals surface area contributed by atoms with E-state index >= 15 is 0 Å². The number of unbranched alkanes of at least 4 members (excludes halogenated alkanes) is 1. The monoisotopic (exact) mass is 245 g/mol. The van der Waals surface area contributed by atoms with Gasteiger partial charge in [0.1, 0.15) is 0 Å². The summed E-state index contributed by atoms with van der Waals surface area (Å²) in [5.41, 5.74) is -0.0921. The lowest BCUT2D eigenvalue weighted by Gasteiger charge is -2.31. The van der Waals surface area contributed by atoms with Gasteiger partial charge < -0.3 is 5.32 Å². The van der Waals surface area contributed by atoms with E-state index in [1.54, 1.807) is 0 Å². The molecule has 0 saturated carbocycles. The van der Waals surface area contributed by atoms with Crippen molar-refractivity contribution in [3.05, 3.63) is 0 Å². The Kier molecular flexibility index (Phi) is 6.46. The summed E-state index contributed by atoms with van der Waals surface area (Å²) in [6, 6.07) is 0. The van der Waals surface area contributed by atoms with E-state index in [0.717, 1.165) is 31.6 Å². The quantitative estimate of drug-likeness (QED) is 0.546. The zero-order chi connectivity index (χ0) is 12.8. The molecule has 0 aromatic carbocycles. The summed E-state index contributed by atoms with van der Waals surface area (Å²) in [6.45, 7) is 11.3. The van der Waals surface area contributed by atoms with E-state index in [1.165, 1.54) is 0 Å². The van der Waals surface area contributed by atoms with Crippen LogP contribution in [0.1, 0.15) is 53.9 Å². The summed E-state index contributed by atoms with van der Waals surface area (Å²) >= 11 is 4.15. The van der Waals surface area contributed by atoms with Gasteiger partial charge in [0.25, 0.3) is 0 Å². The molecule has 0 fully saturated rings. The van der Waals surface area contributed by atoms with Crippen LogP contribution in [0.3, 0.4) is 0 Å². The van der Waals surface area contributed by atoms with Gasteiger partial charge in [0, 0.05) is 12.0 Å². The van der Waals surface area contributed by atoms with Crippen LogP contribution in [0.25, 0.3) is 0 Å². The zero-order valence-corrected chi connectivity index (χ0v) is 12.3. The van der Waals surface area contributed by atoms with Gasteiger partial charge >= 0.3 is 0 Å². The Morgan fingerprint density at radius 1 is 1.12 bits per heavy atom. The summed E-state index contributed by atoms with van der Waals surface area (Å²) in [4.78, 5) is 12.0. The van der Waals surface area contributed by atoms with Crippen molar-refractivity contribution in [2.24, 2.45) is 10.8 Å². The first-order valence-electron chi connectivity index (χ1n) is 6.08. The smallest absolute Gasteiger partial charge is 0.225 e. The fraction of sp³-hybridized carbons (Fsp3) is 0.923. The highest BCUT2D eigenvalue weighted by molar-refractivity contribution is 7.80. The van der Waals surface area contributed by atoms with Crippen LogP contribution in [-0.2, 0) is 4.79 Å². The molecule has 0 aromatic rings. The number of hydrogen-bond acceptors (Lipinski definition) is 2. The van der Waals surface area contributed by atoms with Gasteiger partial charge in [-0.15, -0.1) is 0 Å². The molecule has 3 heteroatoms. The van der Waals surface area contributed by atoms with Gasteiger partial charge in [0.2, 0.25) is 5.91 Å². The Morgan fingerprint density at radius 2 is 1.69 bits per heavy atom. The first-order chi connectivity index (χ1) is 7.19. The van der Waals surface area contributed by atoms with E-state index < -0.39 is 0 Å². The molecule has 0 unspecified atom stereocenters. The molecule has 1 amide bonds. The van der Waals surface area contributed by atoms with Crippen LogP contribution in [0.15, 0.2) is 0 Å². The summed E-state index contributed by atoms with van der Waals surface area (Å²) in [5, 5.41) is 3.01. The van der Waals surface area contributed by atoms with E-state index in [9.17, 15) is 4.79 Å². The van der Waals surface area contributed by atoms with Gasteiger partial charge in [-0.2, -0.15) is 12.6 Å². The molecular formula is C13H27NOS. The molecule has 0 rings (SSSR count). The summed E-state index contributed by atoms with van der Waals surface area (Å²) in [5.74, 6) is 1.06.